The topological polar surface area (TPSA) is 117 Å². The molecule has 0 radical (unpaired) electrons. The van der Waals surface area contributed by atoms with Crippen LogP contribution >= 0.6 is 0 Å². The zero-order valence-electron chi connectivity index (χ0n) is 20.1. The second-order valence-electron chi connectivity index (χ2n) is 9.72. The summed E-state index contributed by atoms with van der Waals surface area (Å²) in [5.41, 5.74) is 1.27. The highest BCUT2D eigenvalue weighted by atomic mass is 16.7. The van der Waals surface area contributed by atoms with E-state index < -0.39 is 5.97 Å². The van der Waals surface area contributed by atoms with Gasteiger partial charge in [-0.25, -0.2) is 0 Å². The number of carboxylic acids is 1. The molecular weight excluding hydrogens is 448 g/mol. The molecule has 0 spiro atoms. The molecule has 3 aliphatic heterocycles. The van der Waals surface area contributed by atoms with Gasteiger partial charge in [0.25, 0.3) is 0 Å². The lowest BCUT2D eigenvalue weighted by molar-refractivity contribution is -0.137. The molecule has 3 fully saturated rings. The van der Waals surface area contributed by atoms with Crippen molar-refractivity contribution in [3.63, 3.8) is 0 Å². The molecule has 0 saturated carbocycles. The summed E-state index contributed by atoms with van der Waals surface area (Å²) in [6.45, 7) is 0.479. The number of benzene rings is 1. The van der Waals surface area contributed by atoms with E-state index in [1.54, 1.807) is 0 Å². The van der Waals surface area contributed by atoms with Crippen molar-refractivity contribution in [2.75, 3.05) is 13.1 Å². The van der Waals surface area contributed by atoms with Gasteiger partial charge in [0.15, 0.2) is 0 Å². The van der Waals surface area contributed by atoms with E-state index in [0.717, 1.165) is 32.1 Å². The maximum atomic E-state index is 12.4. The molecule has 3 heterocycles. The Hall–Kier alpha value is -2.71. The predicted molar refractivity (Wildman–Crippen MR) is 130 cm³/mol. The molecule has 2 amide bonds. The van der Waals surface area contributed by atoms with E-state index in [-0.39, 0.29) is 61.0 Å². The number of hydrogen-bond acceptors (Lipinski definition) is 5. The molecule has 35 heavy (non-hydrogen) atoms. The molecule has 3 saturated heterocycles. The molecule has 8 nitrogen and oxygen atoms in total. The molecule has 3 aliphatic rings. The number of rotatable bonds is 15. The first-order valence-electron chi connectivity index (χ1n) is 12.8. The van der Waals surface area contributed by atoms with Crippen molar-refractivity contribution < 1.29 is 29.0 Å². The van der Waals surface area contributed by atoms with E-state index in [9.17, 15) is 14.4 Å². The minimum atomic E-state index is -0.771. The number of epoxide rings is 1. The number of amides is 2. The molecule has 3 N–H and O–H groups in total. The van der Waals surface area contributed by atoms with Gasteiger partial charge in [-0.2, -0.15) is 0 Å². The number of nitrogens with one attached hydrogen (secondary N) is 2. The minimum absolute atomic E-state index is 0.00918. The fourth-order valence-electron chi connectivity index (χ4n) is 5.32. The Morgan fingerprint density at radius 2 is 1.57 bits per heavy atom. The summed E-state index contributed by atoms with van der Waals surface area (Å²) in [7, 11) is 0. The average Bonchev–Trinajstić information content (AvgIpc) is 3.48. The van der Waals surface area contributed by atoms with Gasteiger partial charge in [0.05, 0.1) is 18.8 Å². The van der Waals surface area contributed by atoms with E-state index >= 15 is 0 Å². The summed E-state index contributed by atoms with van der Waals surface area (Å²) in [5, 5.41) is 14.4. The van der Waals surface area contributed by atoms with Crippen molar-refractivity contribution in [1.29, 1.82) is 0 Å². The van der Waals surface area contributed by atoms with Crippen LogP contribution in [0.15, 0.2) is 42.5 Å². The van der Waals surface area contributed by atoms with Gasteiger partial charge in [0, 0.05) is 25.3 Å². The molecule has 0 unspecified atom stereocenters. The van der Waals surface area contributed by atoms with E-state index in [4.69, 9.17) is 14.6 Å². The van der Waals surface area contributed by atoms with Gasteiger partial charge >= 0.3 is 5.97 Å². The highest BCUT2D eigenvalue weighted by molar-refractivity contribution is 5.84. The van der Waals surface area contributed by atoms with E-state index in [2.05, 4.69) is 28.8 Å². The second-order valence-corrected chi connectivity index (χ2v) is 9.72. The van der Waals surface area contributed by atoms with Crippen LogP contribution in [0.2, 0.25) is 0 Å². The van der Waals surface area contributed by atoms with Crippen molar-refractivity contribution in [2.45, 2.75) is 75.8 Å². The van der Waals surface area contributed by atoms with Crippen molar-refractivity contribution in [3.8, 4) is 0 Å². The van der Waals surface area contributed by atoms with Crippen LogP contribution in [-0.4, -0.2) is 60.4 Å². The Kier molecular flexibility index (Phi) is 8.93. The van der Waals surface area contributed by atoms with Crippen LogP contribution in [0.3, 0.4) is 0 Å². The summed E-state index contributed by atoms with van der Waals surface area (Å²) in [5.74, 6) is -0.630. The first kappa shape index (κ1) is 25.4. The number of ether oxygens (including phenoxy) is 2. The zero-order valence-corrected chi connectivity index (χ0v) is 20.1. The highest BCUT2D eigenvalue weighted by Crippen LogP contribution is 2.54. The number of allylic oxidation sites excluding steroid dienone is 2. The van der Waals surface area contributed by atoms with E-state index in [1.165, 1.54) is 5.56 Å². The number of fused-ring (bicyclic) bond motifs is 5. The summed E-state index contributed by atoms with van der Waals surface area (Å²) >= 11 is 0. The summed E-state index contributed by atoms with van der Waals surface area (Å²) in [6, 6.07) is 10.2. The first-order valence-corrected chi connectivity index (χ1v) is 12.8. The van der Waals surface area contributed by atoms with Gasteiger partial charge in [-0.05, 0) is 50.0 Å². The number of carbonyl (C=O) groups excluding carboxylic acids is 2. The van der Waals surface area contributed by atoms with Crippen molar-refractivity contribution in [2.24, 2.45) is 11.8 Å². The Balaban J connectivity index is 1.12. The number of aliphatic carboxylic acids is 1. The van der Waals surface area contributed by atoms with E-state index in [1.807, 2.05) is 24.3 Å². The van der Waals surface area contributed by atoms with Gasteiger partial charge in [-0.3, -0.25) is 14.4 Å². The molecule has 4 rings (SSSR count). The third kappa shape index (κ3) is 7.15. The molecule has 2 bridgehead atoms. The zero-order chi connectivity index (χ0) is 24.6. The SMILES string of the molecule is O=C(O)CCCC=CC[C@H]1[C@@H](CNC(=O)CNC(=O)CCCCc2ccccc2)[C@@H]2O[C@H]1[C@@H]1O[C@@H]12. The molecule has 190 valence electrons. The molecule has 8 heteroatoms. The molecule has 1 aromatic rings. The quantitative estimate of drug-likeness (QED) is 0.200. The molecule has 1 aromatic carbocycles. The van der Waals surface area contributed by atoms with Crippen molar-refractivity contribution >= 4 is 17.8 Å². The summed E-state index contributed by atoms with van der Waals surface area (Å²) < 4.78 is 11.9. The van der Waals surface area contributed by atoms with Crippen LogP contribution in [0, 0.1) is 11.8 Å². The molecule has 0 aliphatic carbocycles. The standard InChI is InChI=1S/C27H36N2O6/c30-21(14-9-8-12-18-10-4-3-5-11-18)29-17-22(31)28-16-20-19(13-6-1-2-7-15-23(32)33)24-26-27(35-26)25(20)34-24/h1,3-6,10-11,19-20,24-27H,2,7-9,12-17H2,(H,28,31)(H,29,30)(H,32,33)/t19-,20+,24+,25-,26-,27+/m0/s1. The maximum Gasteiger partial charge on any atom is 0.303 e. The lowest BCUT2D eigenvalue weighted by Crippen LogP contribution is -2.44. The monoisotopic (exact) mass is 484 g/mol. The highest BCUT2D eigenvalue weighted by Gasteiger charge is 2.68. The predicted octanol–water partition coefficient (Wildman–Crippen LogP) is 2.61. The van der Waals surface area contributed by atoms with Crippen LogP contribution in [0.1, 0.15) is 50.5 Å². The normalized spacial score (nSPS) is 28.1. The number of hydrogen-bond donors (Lipinski definition) is 3. The summed E-state index contributed by atoms with van der Waals surface area (Å²) in [4.78, 5) is 35.1. The number of carboxylic acid groups (broad SMARTS) is 1. The largest absolute Gasteiger partial charge is 0.481 e. The van der Waals surface area contributed by atoms with Gasteiger partial charge in [0.2, 0.25) is 11.8 Å². The van der Waals surface area contributed by atoms with Crippen LogP contribution in [0.25, 0.3) is 0 Å². The maximum absolute atomic E-state index is 12.4. The minimum Gasteiger partial charge on any atom is -0.481 e. The first-order chi connectivity index (χ1) is 17.0. The summed E-state index contributed by atoms with van der Waals surface area (Å²) in [6.07, 6.45) is 9.99. The van der Waals surface area contributed by atoms with Crippen molar-refractivity contribution in [1.82, 2.24) is 10.6 Å². The fourth-order valence-corrected chi connectivity index (χ4v) is 5.32. The molecule has 6 atom stereocenters. The fraction of sp³-hybridized carbons (Fsp3) is 0.593. The van der Waals surface area contributed by atoms with Gasteiger partial charge in [0.1, 0.15) is 12.2 Å². The molecule has 0 aromatic heterocycles. The van der Waals surface area contributed by atoms with Gasteiger partial charge < -0.3 is 25.2 Å². The third-order valence-electron chi connectivity index (χ3n) is 7.20. The third-order valence-corrected chi connectivity index (χ3v) is 7.20. The second kappa shape index (κ2) is 12.3. The van der Waals surface area contributed by atoms with Crippen LogP contribution < -0.4 is 10.6 Å². The smallest absolute Gasteiger partial charge is 0.303 e. The Morgan fingerprint density at radius 1 is 0.829 bits per heavy atom. The molecular formula is C27H36N2O6. The van der Waals surface area contributed by atoms with Crippen LogP contribution in [0.4, 0.5) is 0 Å². The lowest BCUT2D eigenvalue weighted by atomic mass is 9.77. The number of unbranched alkanes of at least 4 members (excludes halogenated alkanes) is 2. The van der Waals surface area contributed by atoms with Gasteiger partial charge in [-0.1, -0.05) is 42.5 Å². The Bertz CT molecular complexity index is 904. The number of aryl methyl sites for hydroxylation is 1. The van der Waals surface area contributed by atoms with Crippen molar-refractivity contribution in [3.05, 3.63) is 48.0 Å². The van der Waals surface area contributed by atoms with Gasteiger partial charge in [-0.15, -0.1) is 0 Å². The Morgan fingerprint density at radius 3 is 2.34 bits per heavy atom. The lowest BCUT2D eigenvalue weighted by Gasteiger charge is -2.25. The van der Waals surface area contributed by atoms with Crippen LogP contribution in [-0.2, 0) is 30.3 Å². The van der Waals surface area contributed by atoms with Crippen LogP contribution in [0.5, 0.6) is 0 Å². The average molecular weight is 485 g/mol. The van der Waals surface area contributed by atoms with E-state index in [0.29, 0.717) is 19.4 Å². The number of carbonyl (C=O) groups is 3. The Labute approximate surface area is 206 Å².